The molecule has 0 atom stereocenters. The molecule has 0 aliphatic rings. The Morgan fingerprint density at radius 2 is 2.04 bits per heavy atom. The van der Waals surface area contributed by atoms with Crippen LogP contribution in [-0.2, 0) is 12.5 Å². The maximum absolute atomic E-state index is 13.3. The third kappa shape index (κ3) is 3.59. The molecule has 0 saturated carbocycles. The Hall–Kier alpha value is -3.07. The Morgan fingerprint density at radius 3 is 2.74 bits per heavy atom. The van der Waals surface area contributed by atoms with Crippen molar-refractivity contribution in [3.05, 3.63) is 68.8 Å². The maximum atomic E-state index is 13.3. The molecule has 3 heterocycles. The highest BCUT2D eigenvalue weighted by Crippen LogP contribution is 2.35. The summed E-state index contributed by atoms with van der Waals surface area (Å²) in [5, 5.41) is 5.72. The monoisotopic (exact) mass is 388 g/mol. The number of nitrogens with zero attached hydrogens (tertiary/aromatic N) is 3. The zero-order valence-corrected chi connectivity index (χ0v) is 15.0. The Kier molecular flexibility index (Phi) is 4.23. The fourth-order valence-corrected chi connectivity index (χ4v) is 3.28. The second-order valence-electron chi connectivity index (χ2n) is 5.99. The number of benzene rings is 1. The lowest BCUT2D eigenvalue weighted by molar-refractivity contribution is 0.0213. The number of H-pyrrole nitrogens is 1. The number of fused-ring (bicyclic) bond motifs is 1. The normalized spacial score (nSPS) is 11.8. The third-order valence-corrected chi connectivity index (χ3v) is 4.90. The van der Waals surface area contributed by atoms with Crippen molar-refractivity contribution in [3.8, 4) is 17.1 Å². The number of hydrogen-bond donors (Lipinski definition) is 1. The van der Waals surface area contributed by atoms with Crippen molar-refractivity contribution >= 4 is 17.1 Å². The van der Waals surface area contributed by atoms with E-state index in [0.717, 1.165) is 23.8 Å². The van der Waals surface area contributed by atoms with Gasteiger partial charge in [0, 0.05) is 30.0 Å². The second-order valence-corrected chi connectivity index (χ2v) is 6.90. The smallest absolute Gasteiger partial charge is 0.279 e. The van der Waals surface area contributed by atoms with E-state index in [1.807, 2.05) is 30.3 Å². The van der Waals surface area contributed by atoms with E-state index in [4.69, 9.17) is 4.74 Å². The molecule has 27 heavy (non-hydrogen) atoms. The molecule has 0 fully saturated rings. The number of alkyl halides is 2. The predicted octanol–water partition coefficient (Wildman–Crippen LogP) is 3.84. The van der Waals surface area contributed by atoms with Crippen LogP contribution in [0.1, 0.15) is 17.5 Å². The summed E-state index contributed by atoms with van der Waals surface area (Å²) in [5.74, 6) is -1.88. The van der Waals surface area contributed by atoms with Crippen LogP contribution in [-0.4, -0.2) is 19.6 Å². The summed E-state index contributed by atoms with van der Waals surface area (Å²) in [6.45, 7) is 0.856. The lowest BCUT2D eigenvalue weighted by atomic mass is 10.2. The minimum atomic E-state index is -2.91. The van der Waals surface area contributed by atoms with Crippen LogP contribution in [0.5, 0.6) is 5.75 Å². The lowest BCUT2D eigenvalue weighted by Crippen LogP contribution is -2.16. The van der Waals surface area contributed by atoms with E-state index in [1.165, 1.54) is 22.0 Å². The van der Waals surface area contributed by atoms with Crippen LogP contribution in [0.25, 0.3) is 17.2 Å². The Labute approximate surface area is 156 Å². The van der Waals surface area contributed by atoms with E-state index in [0.29, 0.717) is 17.3 Å². The lowest BCUT2D eigenvalue weighted by Gasteiger charge is -2.06. The zero-order chi connectivity index (χ0) is 19.0. The van der Waals surface area contributed by atoms with Crippen LogP contribution < -0.4 is 10.3 Å². The van der Waals surface area contributed by atoms with Crippen LogP contribution in [0.15, 0.2) is 52.6 Å². The number of rotatable bonds is 5. The number of aromatic nitrogens is 4. The molecular weight excluding hydrogens is 374 g/mol. The van der Waals surface area contributed by atoms with E-state index < -0.39 is 5.92 Å². The molecule has 0 amide bonds. The number of thiophene rings is 1. The molecule has 138 valence electrons. The van der Waals surface area contributed by atoms with Crippen molar-refractivity contribution in [2.75, 3.05) is 0 Å². The van der Waals surface area contributed by atoms with Gasteiger partial charge in [0.1, 0.15) is 12.4 Å². The van der Waals surface area contributed by atoms with Crippen LogP contribution in [0.3, 0.4) is 0 Å². The molecule has 4 rings (SSSR count). The highest BCUT2D eigenvalue weighted by molar-refractivity contribution is 7.10. The van der Waals surface area contributed by atoms with Crippen molar-refractivity contribution in [2.24, 2.45) is 0 Å². The molecule has 0 aliphatic carbocycles. The van der Waals surface area contributed by atoms with Gasteiger partial charge in [-0.1, -0.05) is 30.3 Å². The van der Waals surface area contributed by atoms with Gasteiger partial charge in [-0.3, -0.25) is 4.79 Å². The fraction of sp³-hybridized carbons (Fsp3) is 0.167. The third-order valence-electron chi connectivity index (χ3n) is 3.82. The van der Waals surface area contributed by atoms with Crippen LogP contribution >= 0.6 is 11.3 Å². The molecule has 4 aromatic rings. The average molecular weight is 388 g/mol. The fourth-order valence-electron chi connectivity index (χ4n) is 2.51. The number of ether oxygens (including phenoxy) is 1. The minimum absolute atomic E-state index is 0.0186. The second kappa shape index (κ2) is 6.58. The van der Waals surface area contributed by atoms with Crippen molar-refractivity contribution in [2.45, 2.75) is 19.5 Å². The Bertz CT molecular complexity index is 1150. The van der Waals surface area contributed by atoms with Gasteiger partial charge in [-0.25, -0.2) is 8.78 Å². The molecule has 0 radical (unpaired) electrons. The van der Waals surface area contributed by atoms with E-state index in [2.05, 4.69) is 15.1 Å². The largest absolute Gasteiger partial charge is 0.487 e. The molecule has 0 aliphatic heterocycles. The molecule has 0 spiro atoms. The molecule has 6 nitrogen and oxygen atoms in total. The minimum Gasteiger partial charge on any atom is -0.487 e. The van der Waals surface area contributed by atoms with E-state index >= 15 is 0 Å². The highest BCUT2D eigenvalue weighted by Gasteiger charge is 2.26. The average Bonchev–Trinajstić information content (AvgIpc) is 3.28. The van der Waals surface area contributed by atoms with Crippen molar-refractivity contribution in [1.29, 1.82) is 0 Å². The van der Waals surface area contributed by atoms with Gasteiger partial charge >= 0.3 is 0 Å². The van der Waals surface area contributed by atoms with Crippen LogP contribution in [0.4, 0.5) is 8.78 Å². The Morgan fingerprint density at radius 1 is 1.26 bits per heavy atom. The molecule has 9 heteroatoms. The topological polar surface area (TPSA) is 72.3 Å². The summed E-state index contributed by atoms with van der Waals surface area (Å²) in [7, 11) is 0. The van der Waals surface area contributed by atoms with Crippen LogP contribution in [0.2, 0.25) is 0 Å². The molecule has 1 aromatic carbocycles. The van der Waals surface area contributed by atoms with Crippen molar-refractivity contribution in [1.82, 2.24) is 19.6 Å². The summed E-state index contributed by atoms with van der Waals surface area (Å²) in [6.07, 6.45) is 0. The molecular formula is C18H14F2N4O2S. The molecule has 3 aromatic heterocycles. The molecule has 1 N–H and O–H groups in total. The first-order chi connectivity index (χ1) is 12.9. The van der Waals surface area contributed by atoms with Gasteiger partial charge in [-0.2, -0.15) is 9.50 Å². The van der Waals surface area contributed by atoms with Crippen molar-refractivity contribution in [3.63, 3.8) is 0 Å². The first-order valence-corrected chi connectivity index (χ1v) is 8.92. The first kappa shape index (κ1) is 17.3. The SMILES string of the molecule is CC(F)(F)c1cc(OCc2cc(=O)n3nc(-c4ccccc4)nc3[nH]2)cs1. The first-order valence-electron chi connectivity index (χ1n) is 8.04. The summed E-state index contributed by atoms with van der Waals surface area (Å²) in [6, 6.07) is 11.9. The predicted molar refractivity (Wildman–Crippen MR) is 97.3 cm³/mol. The van der Waals surface area contributed by atoms with Gasteiger partial charge in [0.25, 0.3) is 11.5 Å². The van der Waals surface area contributed by atoms with E-state index in [-0.39, 0.29) is 22.8 Å². The number of hydrogen-bond acceptors (Lipinski definition) is 5. The quantitative estimate of drug-likeness (QED) is 0.564. The molecule has 0 saturated heterocycles. The van der Waals surface area contributed by atoms with Gasteiger partial charge in [0.05, 0.1) is 10.6 Å². The number of nitrogens with one attached hydrogen (secondary N) is 1. The van der Waals surface area contributed by atoms with Gasteiger partial charge in [-0.15, -0.1) is 16.4 Å². The standard InChI is InChI=1S/C18H14F2N4O2S/c1-18(19,20)14-8-13(10-27-14)26-9-12-7-15(25)24-17(21-12)22-16(23-24)11-5-3-2-4-6-11/h2-8,10H,9H2,1H3,(H,21,22,23). The zero-order valence-electron chi connectivity index (χ0n) is 14.1. The molecule has 0 bridgehead atoms. The highest BCUT2D eigenvalue weighted by atomic mass is 32.1. The summed E-state index contributed by atoms with van der Waals surface area (Å²) >= 11 is 0.925. The summed E-state index contributed by atoms with van der Waals surface area (Å²) in [4.78, 5) is 19.5. The number of aromatic amines is 1. The van der Waals surface area contributed by atoms with Crippen molar-refractivity contribution < 1.29 is 13.5 Å². The summed E-state index contributed by atoms with van der Waals surface area (Å²) < 4.78 is 33.3. The van der Waals surface area contributed by atoms with Gasteiger partial charge in [-0.05, 0) is 0 Å². The summed E-state index contributed by atoms with van der Waals surface area (Å²) in [5.41, 5.74) is 0.900. The number of halogens is 2. The van der Waals surface area contributed by atoms with E-state index in [1.54, 1.807) is 0 Å². The van der Waals surface area contributed by atoms with Gasteiger partial charge in [0.15, 0.2) is 5.82 Å². The Balaban J connectivity index is 1.58. The van der Waals surface area contributed by atoms with Gasteiger partial charge < -0.3 is 9.72 Å². The molecule has 0 unspecified atom stereocenters. The maximum Gasteiger partial charge on any atom is 0.279 e. The van der Waals surface area contributed by atoms with E-state index in [9.17, 15) is 13.6 Å². The van der Waals surface area contributed by atoms with Gasteiger partial charge in [0.2, 0.25) is 5.78 Å². The van der Waals surface area contributed by atoms with Crippen LogP contribution in [0, 0.1) is 0 Å².